The van der Waals surface area contributed by atoms with E-state index in [1.54, 1.807) is 0 Å². The second-order valence-corrected chi connectivity index (χ2v) is 11.0. The van der Waals surface area contributed by atoms with Crippen LogP contribution in [-0.2, 0) is 16.1 Å². The maximum atomic E-state index is 14.5. The van der Waals surface area contributed by atoms with Gasteiger partial charge in [-0.05, 0) is 80.5 Å². The van der Waals surface area contributed by atoms with Gasteiger partial charge < -0.3 is 25.0 Å². The Morgan fingerprint density at radius 3 is 2.35 bits per heavy atom. The predicted octanol–water partition coefficient (Wildman–Crippen LogP) is 5.61. The van der Waals surface area contributed by atoms with E-state index in [1.807, 2.05) is 26.1 Å². The van der Waals surface area contributed by atoms with Crippen LogP contribution in [0.4, 0.5) is 22.9 Å². The van der Waals surface area contributed by atoms with Crippen LogP contribution in [0, 0.1) is 23.2 Å². The van der Waals surface area contributed by atoms with Crippen molar-refractivity contribution in [2.24, 2.45) is 23.2 Å². The largest absolute Gasteiger partial charge is 0.400 e. The van der Waals surface area contributed by atoms with Gasteiger partial charge in [0.05, 0.1) is 36.5 Å². The Labute approximate surface area is 222 Å². The summed E-state index contributed by atoms with van der Waals surface area (Å²) in [5.41, 5.74) is 4.05. The fourth-order valence-electron chi connectivity index (χ4n) is 7.77. The predicted molar refractivity (Wildman–Crippen MR) is 150 cm³/mol. The molecule has 1 aromatic carbocycles. The minimum absolute atomic E-state index is 0. The molecule has 0 unspecified atom stereocenters. The van der Waals surface area contributed by atoms with Crippen LogP contribution >= 0.6 is 0 Å². The van der Waals surface area contributed by atoms with Crippen LogP contribution in [-0.4, -0.2) is 49.4 Å². The number of fused-ring (bicyclic) bond motifs is 2. The highest BCUT2D eigenvalue weighted by Gasteiger charge is 2.56. The molecule has 4 saturated carbocycles. The van der Waals surface area contributed by atoms with E-state index in [0.29, 0.717) is 12.5 Å². The van der Waals surface area contributed by atoms with Crippen molar-refractivity contribution in [1.29, 1.82) is 0 Å². The van der Waals surface area contributed by atoms with Crippen LogP contribution in [0.25, 0.3) is 0 Å². The third-order valence-electron chi connectivity index (χ3n) is 8.86. The normalized spacial score (nSPS) is 28.9. The van der Waals surface area contributed by atoms with E-state index in [2.05, 4.69) is 44.4 Å². The molecule has 2 N–H and O–H groups in total. The van der Waals surface area contributed by atoms with Crippen molar-refractivity contribution in [1.82, 2.24) is 4.98 Å². The Hall–Kier alpha value is -2.64. The number of carbonyl (C=O) groups excluding carboxylic acids is 1. The first-order valence-corrected chi connectivity index (χ1v) is 14.1. The molecule has 3 heterocycles. The first-order valence-electron chi connectivity index (χ1n) is 14.1. The third-order valence-corrected chi connectivity index (χ3v) is 8.86. The van der Waals surface area contributed by atoms with Gasteiger partial charge in [0, 0.05) is 39.1 Å². The number of benzene rings is 1. The highest BCUT2D eigenvalue weighted by Crippen LogP contribution is 2.61. The molecule has 1 saturated heterocycles. The van der Waals surface area contributed by atoms with E-state index in [4.69, 9.17) is 9.84 Å². The fourth-order valence-corrected chi connectivity index (χ4v) is 7.77. The quantitative estimate of drug-likeness (QED) is 0.549. The maximum Gasteiger partial charge on any atom is 0.233 e. The van der Waals surface area contributed by atoms with E-state index in [1.165, 1.54) is 24.9 Å². The summed E-state index contributed by atoms with van der Waals surface area (Å²) >= 11 is 0. The SMILES string of the molecule is CC.CO.O=C(N1Cc2cccnc2Nc2ccc(N3CCOCC3)cc21)C12CC3CC(CC(C3)C1)C2.[HH]. The number of aromatic nitrogens is 1. The lowest BCUT2D eigenvalue weighted by molar-refractivity contribution is -0.143. The molecule has 8 rings (SSSR count). The van der Waals surface area contributed by atoms with Crippen LogP contribution in [0.5, 0.6) is 0 Å². The number of rotatable bonds is 2. The van der Waals surface area contributed by atoms with Crippen LogP contribution in [0.1, 0.15) is 59.4 Å². The summed E-state index contributed by atoms with van der Waals surface area (Å²) in [6, 6.07) is 10.6. The summed E-state index contributed by atoms with van der Waals surface area (Å²) in [5, 5.41) is 10.5. The smallest absolute Gasteiger partial charge is 0.233 e. The zero-order valence-corrected chi connectivity index (χ0v) is 22.6. The van der Waals surface area contributed by atoms with E-state index < -0.39 is 0 Å². The van der Waals surface area contributed by atoms with Crippen LogP contribution in [0.15, 0.2) is 36.5 Å². The van der Waals surface area contributed by atoms with Gasteiger partial charge in [0.25, 0.3) is 0 Å². The molecule has 2 aromatic rings. The van der Waals surface area contributed by atoms with E-state index in [0.717, 1.165) is 93.2 Å². The van der Waals surface area contributed by atoms with Gasteiger partial charge in [0.1, 0.15) is 5.82 Å². The first kappa shape index (κ1) is 26.0. The summed E-state index contributed by atoms with van der Waals surface area (Å²) in [7, 11) is 1.00. The number of aliphatic hydroxyl groups is 1. The molecule has 202 valence electrons. The molecule has 37 heavy (non-hydrogen) atoms. The molecule has 1 aromatic heterocycles. The molecule has 7 heteroatoms. The molecule has 2 aliphatic heterocycles. The second kappa shape index (κ2) is 11.0. The highest BCUT2D eigenvalue weighted by atomic mass is 16.5. The number of aliphatic hydroxyl groups excluding tert-OH is 1. The van der Waals surface area contributed by atoms with Gasteiger partial charge in [0.2, 0.25) is 5.91 Å². The molecule has 7 nitrogen and oxygen atoms in total. The van der Waals surface area contributed by atoms with Crippen molar-refractivity contribution >= 4 is 28.8 Å². The lowest BCUT2D eigenvalue weighted by Crippen LogP contribution is -2.54. The number of hydrogen-bond donors (Lipinski definition) is 2. The number of ether oxygens (including phenoxy) is 1. The number of nitrogens with zero attached hydrogens (tertiary/aromatic N) is 3. The summed E-state index contributed by atoms with van der Waals surface area (Å²) < 4.78 is 5.57. The van der Waals surface area contributed by atoms with Gasteiger partial charge in [-0.3, -0.25) is 4.79 Å². The number of anilines is 4. The van der Waals surface area contributed by atoms with Crippen molar-refractivity contribution < 1.29 is 16.1 Å². The van der Waals surface area contributed by atoms with Gasteiger partial charge in [0.15, 0.2) is 0 Å². The lowest BCUT2D eigenvalue weighted by atomic mass is 9.49. The summed E-state index contributed by atoms with van der Waals surface area (Å²) in [5.74, 6) is 3.45. The Morgan fingerprint density at radius 2 is 1.70 bits per heavy atom. The van der Waals surface area contributed by atoms with Crippen molar-refractivity contribution in [3.8, 4) is 0 Å². The zero-order valence-electron chi connectivity index (χ0n) is 22.6. The average molecular weight is 509 g/mol. The van der Waals surface area contributed by atoms with Crippen molar-refractivity contribution in [3.05, 3.63) is 42.1 Å². The molecule has 5 fully saturated rings. The second-order valence-electron chi connectivity index (χ2n) is 11.0. The fraction of sp³-hybridized carbons (Fsp3) is 0.600. The minimum atomic E-state index is -0.173. The molecule has 4 bridgehead atoms. The van der Waals surface area contributed by atoms with Crippen LogP contribution in [0.3, 0.4) is 0 Å². The third kappa shape index (κ3) is 4.84. The van der Waals surface area contributed by atoms with Gasteiger partial charge in [-0.1, -0.05) is 19.9 Å². The monoisotopic (exact) mass is 508 g/mol. The number of hydrogen-bond acceptors (Lipinski definition) is 6. The molecule has 4 aliphatic carbocycles. The number of pyridine rings is 1. The number of amides is 1. The van der Waals surface area contributed by atoms with E-state index in [-0.39, 0.29) is 6.84 Å². The Morgan fingerprint density at radius 1 is 1.05 bits per heavy atom. The van der Waals surface area contributed by atoms with Gasteiger partial charge in [-0.2, -0.15) is 0 Å². The Kier molecular flexibility index (Phi) is 7.72. The van der Waals surface area contributed by atoms with Crippen LogP contribution in [0.2, 0.25) is 0 Å². The van der Waals surface area contributed by atoms with E-state index >= 15 is 0 Å². The Bertz CT molecular complexity index is 1070. The maximum absolute atomic E-state index is 14.5. The zero-order chi connectivity index (χ0) is 26.0. The number of morpholine rings is 1. The van der Waals surface area contributed by atoms with Crippen molar-refractivity contribution in [2.45, 2.75) is 58.9 Å². The minimum Gasteiger partial charge on any atom is -0.400 e. The molecular formula is C30H44N4O3. The highest BCUT2D eigenvalue weighted by molar-refractivity contribution is 6.02. The first-order chi connectivity index (χ1) is 18.2. The average Bonchev–Trinajstić information content (AvgIpc) is 3.11. The Balaban J connectivity index is 0.000000644. The summed E-state index contributed by atoms with van der Waals surface area (Å²) in [6.45, 7) is 7.85. The topological polar surface area (TPSA) is 77.9 Å². The van der Waals surface area contributed by atoms with Crippen LogP contribution < -0.4 is 15.1 Å². The molecular weight excluding hydrogens is 464 g/mol. The molecule has 1 amide bonds. The summed E-state index contributed by atoms with van der Waals surface area (Å²) in [4.78, 5) is 23.6. The van der Waals surface area contributed by atoms with Gasteiger partial charge in [-0.25, -0.2) is 4.98 Å². The van der Waals surface area contributed by atoms with Crippen molar-refractivity contribution in [2.75, 3.05) is 48.5 Å². The van der Waals surface area contributed by atoms with E-state index in [9.17, 15) is 4.79 Å². The lowest BCUT2D eigenvalue weighted by Gasteiger charge is -2.56. The van der Waals surface area contributed by atoms with Gasteiger partial charge in [-0.15, -0.1) is 0 Å². The molecule has 0 radical (unpaired) electrons. The van der Waals surface area contributed by atoms with Crippen molar-refractivity contribution in [3.63, 3.8) is 0 Å². The molecule has 0 spiro atoms. The molecule has 6 aliphatic rings. The number of carbonyl (C=O) groups is 1. The summed E-state index contributed by atoms with van der Waals surface area (Å²) in [6.07, 6.45) is 9.11. The standard InChI is InChI=1S/C27H32N4O2.C2H6.CH4O.H2/c32-26(27-14-18-10-19(15-27)12-20(11-18)16-27)31-17-21-2-1-5-28-25(21)29-23-4-3-22(13-24(23)31)30-6-8-33-9-7-30;2*1-2;/h1-5,13,18-20H,6-12,14-17H2,(H,28,29);1-2H3;2H,1H3;1H. The van der Waals surface area contributed by atoms with Gasteiger partial charge >= 0.3 is 0 Å². The molecule has 0 atom stereocenters. The number of nitrogens with one attached hydrogen (secondary N) is 1.